The molecule has 184 valence electrons. The van der Waals surface area contributed by atoms with Gasteiger partial charge < -0.3 is 20.9 Å². The molecule has 0 fully saturated rings. The van der Waals surface area contributed by atoms with Gasteiger partial charge in [0.2, 0.25) is 0 Å². The van der Waals surface area contributed by atoms with E-state index in [1.54, 1.807) is 42.6 Å². The Morgan fingerprint density at radius 3 is 2.35 bits per heavy atom. The Hall–Kier alpha value is -5.18. The van der Waals surface area contributed by atoms with Gasteiger partial charge in [-0.2, -0.15) is 0 Å². The van der Waals surface area contributed by atoms with Gasteiger partial charge in [-0.05, 0) is 72.8 Å². The minimum absolute atomic E-state index is 0.00451. The summed E-state index contributed by atoms with van der Waals surface area (Å²) in [6.07, 6.45) is 7.78. The number of rotatable bonds is 7. The van der Waals surface area contributed by atoms with Crippen molar-refractivity contribution in [1.82, 2.24) is 9.88 Å². The highest BCUT2D eigenvalue weighted by molar-refractivity contribution is 6.04. The molecule has 0 spiro atoms. The quantitative estimate of drug-likeness (QED) is 0.218. The van der Waals surface area contributed by atoms with Crippen molar-refractivity contribution in [2.45, 2.75) is 0 Å². The summed E-state index contributed by atoms with van der Waals surface area (Å²) in [4.78, 5) is 29.8. The number of carbonyl (C=O) groups is 1. The van der Waals surface area contributed by atoms with Crippen LogP contribution in [0.1, 0.15) is 10.4 Å². The monoisotopic (exact) mass is 492 g/mol. The zero-order chi connectivity index (χ0) is 25.8. The fourth-order valence-electron chi connectivity index (χ4n) is 3.90. The van der Waals surface area contributed by atoms with Crippen LogP contribution in [0.5, 0.6) is 0 Å². The van der Waals surface area contributed by atoms with Crippen molar-refractivity contribution < 1.29 is 9.72 Å². The SMILES string of the molecule is CN1C=CC(Nc2ccc(NC(=O)c3ccc(Nc4ccnc5ccc([N+](=O)[O-])cc45)cc3)cc2)=CC1. The summed E-state index contributed by atoms with van der Waals surface area (Å²) in [6, 6.07) is 20.8. The predicted molar refractivity (Wildman–Crippen MR) is 146 cm³/mol. The number of nitrogens with zero attached hydrogens (tertiary/aromatic N) is 3. The lowest BCUT2D eigenvalue weighted by atomic mass is 10.1. The van der Waals surface area contributed by atoms with Crippen molar-refractivity contribution in [3.8, 4) is 0 Å². The van der Waals surface area contributed by atoms with Crippen LogP contribution in [-0.4, -0.2) is 34.3 Å². The highest BCUT2D eigenvalue weighted by Crippen LogP contribution is 2.28. The second-order valence-electron chi connectivity index (χ2n) is 8.59. The van der Waals surface area contributed by atoms with Gasteiger partial charge in [-0.3, -0.25) is 19.9 Å². The number of aromatic nitrogens is 1. The molecule has 0 radical (unpaired) electrons. The molecule has 0 bridgehead atoms. The fourth-order valence-corrected chi connectivity index (χ4v) is 3.90. The van der Waals surface area contributed by atoms with E-state index in [2.05, 4.69) is 31.9 Å². The van der Waals surface area contributed by atoms with Crippen LogP contribution in [-0.2, 0) is 0 Å². The van der Waals surface area contributed by atoms with Crippen LogP contribution >= 0.6 is 0 Å². The molecule has 1 aliphatic rings. The number of anilines is 4. The first-order valence-electron chi connectivity index (χ1n) is 11.6. The Balaban J connectivity index is 1.23. The Kier molecular flexibility index (Phi) is 6.50. The Labute approximate surface area is 213 Å². The van der Waals surface area contributed by atoms with Gasteiger partial charge in [0, 0.05) is 77.5 Å². The molecule has 9 heteroatoms. The molecule has 37 heavy (non-hydrogen) atoms. The molecule has 1 aliphatic heterocycles. The van der Waals surface area contributed by atoms with Crippen molar-refractivity contribution in [2.24, 2.45) is 0 Å². The minimum Gasteiger partial charge on any atom is -0.377 e. The summed E-state index contributed by atoms with van der Waals surface area (Å²) in [5, 5.41) is 21.3. The molecule has 0 saturated heterocycles. The highest BCUT2D eigenvalue weighted by atomic mass is 16.6. The van der Waals surface area contributed by atoms with Gasteiger partial charge in [0.15, 0.2) is 0 Å². The molecule has 3 aromatic carbocycles. The maximum absolute atomic E-state index is 12.8. The van der Waals surface area contributed by atoms with E-state index in [0.717, 1.165) is 23.6 Å². The molecule has 9 nitrogen and oxygen atoms in total. The normalized spacial score (nSPS) is 12.7. The average molecular weight is 493 g/mol. The predicted octanol–water partition coefficient (Wildman–Crippen LogP) is 5.89. The van der Waals surface area contributed by atoms with Crippen molar-refractivity contribution in [1.29, 1.82) is 0 Å². The lowest BCUT2D eigenvalue weighted by molar-refractivity contribution is -0.384. The zero-order valence-electron chi connectivity index (χ0n) is 20.0. The minimum atomic E-state index is -0.432. The summed E-state index contributed by atoms with van der Waals surface area (Å²) in [5.74, 6) is -0.224. The van der Waals surface area contributed by atoms with Crippen LogP contribution in [0.15, 0.2) is 103 Å². The van der Waals surface area contributed by atoms with Crippen LogP contribution in [0.4, 0.5) is 28.4 Å². The van der Waals surface area contributed by atoms with Gasteiger partial charge in [0.05, 0.1) is 10.4 Å². The third kappa shape index (κ3) is 5.57. The van der Waals surface area contributed by atoms with Gasteiger partial charge in [-0.25, -0.2) is 0 Å². The maximum atomic E-state index is 12.8. The number of pyridine rings is 1. The number of amides is 1. The second kappa shape index (κ2) is 10.2. The number of likely N-dealkylation sites (N-methyl/N-ethyl adjacent to an activating group) is 1. The van der Waals surface area contributed by atoms with E-state index in [1.807, 2.05) is 43.6 Å². The molecule has 0 atom stereocenters. The number of nitro benzene ring substituents is 1. The molecule has 3 N–H and O–H groups in total. The van der Waals surface area contributed by atoms with Crippen LogP contribution in [0.3, 0.4) is 0 Å². The van der Waals surface area contributed by atoms with Gasteiger partial charge >= 0.3 is 0 Å². The van der Waals surface area contributed by atoms with E-state index in [4.69, 9.17) is 0 Å². The summed E-state index contributed by atoms with van der Waals surface area (Å²) >= 11 is 0. The first-order valence-corrected chi connectivity index (χ1v) is 11.6. The second-order valence-corrected chi connectivity index (χ2v) is 8.59. The van der Waals surface area contributed by atoms with E-state index < -0.39 is 4.92 Å². The van der Waals surface area contributed by atoms with Crippen LogP contribution in [0.25, 0.3) is 10.9 Å². The zero-order valence-corrected chi connectivity index (χ0v) is 20.0. The van der Waals surface area contributed by atoms with Gasteiger partial charge in [0.25, 0.3) is 11.6 Å². The van der Waals surface area contributed by atoms with Crippen LogP contribution in [0.2, 0.25) is 0 Å². The molecule has 1 aromatic heterocycles. The van der Waals surface area contributed by atoms with E-state index in [-0.39, 0.29) is 11.6 Å². The number of hydrogen-bond donors (Lipinski definition) is 3. The molecule has 2 heterocycles. The number of nitro groups is 1. The van der Waals surface area contributed by atoms with E-state index in [1.165, 1.54) is 12.1 Å². The molecule has 0 unspecified atom stereocenters. The van der Waals surface area contributed by atoms with Crippen molar-refractivity contribution in [3.63, 3.8) is 0 Å². The number of allylic oxidation sites excluding steroid dienone is 1. The molecule has 5 rings (SSSR count). The third-order valence-electron chi connectivity index (χ3n) is 5.90. The van der Waals surface area contributed by atoms with Crippen LogP contribution in [0, 0.1) is 10.1 Å². The molecule has 1 amide bonds. The molecule has 4 aromatic rings. The van der Waals surface area contributed by atoms with E-state index in [0.29, 0.717) is 27.8 Å². The lowest BCUT2D eigenvalue weighted by Gasteiger charge is -2.18. The Morgan fingerprint density at radius 2 is 1.65 bits per heavy atom. The first-order chi connectivity index (χ1) is 17.9. The highest BCUT2D eigenvalue weighted by Gasteiger charge is 2.11. The Morgan fingerprint density at radius 1 is 0.946 bits per heavy atom. The molecule has 0 aliphatic carbocycles. The molecule has 0 saturated carbocycles. The van der Waals surface area contributed by atoms with Gasteiger partial charge in [-0.15, -0.1) is 0 Å². The van der Waals surface area contributed by atoms with Crippen molar-refractivity contribution in [3.05, 3.63) is 119 Å². The summed E-state index contributed by atoms with van der Waals surface area (Å²) in [5.41, 5.74) is 5.22. The third-order valence-corrected chi connectivity index (χ3v) is 5.90. The summed E-state index contributed by atoms with van der Waals surface area (Å²) in [7, 11) is 2.02. The largest absolute Gasteiger partial charge is 0.377 e. The number of fused-ring (bicyclic) bond motifs is 1. The first kappa shape index (κ1) is 23.6. The van der Waals surface area contributed by atoms with Gasteiger partial charge in [-0.1, -0.05) is 0 Å². The lowest BCUT2D eigenvalue weighted by Crippen LogP contribution is -2.15. The molecular formula is C28H24N6O3. The summed E-state index contributed by atoms with van der Waals surface area (Å²) in [6.45, 7) is 0.850. The smallest absolute Gasteiger partial charge is 0.270 e. The number of benzene rings is 3. The summed E-state index contributed by atoms with van der Waals surface area (Å²) < 4.78 is 0. The average Bonchev–Trinajstić information content (AvgIpc) is 2.91. The number of hydrogen-bond acceptors (Lipinski definition) is 7. The Bertz CT molecular complexity index is 1530. The standard InChI is InChI=1S/C28H24N6O3/c1-33-16-13-23(14-17-33)30-20-6-8-22(9-7-20)32-28(35)19-2-4-21(5-3-19)31-27-12-15-29-26-11-10-24(34(36)37)18-25(26)27/h2-16,18,30H,17H2,1H3,(H,29,31)(H,32,35). The molecular weight excluding hydrogens is 468 g/mol. The van der Waals surface area contributed by atoms with Crippen molar-refractivity contribution >= 4 is 45.2 Å². The number of nitrogens with one attached hydrogen (secondary N) is 3. The number of non-ortho nitro benzene ring substituents is 1. The van der Waals surface area contributed by atoms with E-state index >= 15 is 0 Å². The fraction of sp³-hybridized carbons (Fsp3) is 0.0714. The van der Waals surface area contributed by atoms with E-state index in [9.17, 15) is 14.9 Å². The number of carbonyl (C=O) groups excluding carboxylic acids is 1. The van der Waals surface area contributed by atoms with Crippen LogP contribution < -0.4 is 16.0 Å². The van der Waals surface area contributed by atoms with Gasteiger partial charge in [0.1, 0.15) is 0 Å². The van der Waals surface area contributed by atoms with Crippen molar-refractivity contribution in [2.75, 3.05) is 29.5 Å². The topological polar surface area (TPSA) is 112 Å². The maximum Gasteiger partial charge on any atom is 0.270 e.